The minimum Gasteiger partial charge on any atom is -0.436 e. The summed E-state index contributed by atoms with van der Waals surface area (Å²) in [4.78, 5) is 5.21. The third-order valence-corrected chi connectivity index (χ3v) is 4.39. The summed E-state index contributed by atoms with van der Waals surface area (Å²) in [6.07, 6.45) is 1.90. The molecule has 1 aromatic carbocycles. The molecular weight excluding hydrogens is 327 g/mol. The molecule has 98 valence electrons. The van der Waals surface area contributed by atoms with Crippen LogP contribution in [0, 0.1) is 0 Å². The zero-order valence-electron chi connectivity index (χ0n) is 9.44. The minimum absolute atomic E-state index is 0.297. The Morgan fingerprint density at radius 1 is 1.32 bits per heavy atom. The molecule has 0 amide bonds. The fourth-order valence-corrected chi connectivity index (χ4v) is 2.98. The van der Waals surface area contributed by atoms with Crippen molar-refractivity contribution in [2.45, 2.75) is 5.88 Å². The van der Waals surface area contributed by atoms with Crippen molar-refractivity contribution >= 4 is 51.1 Å². The van der Waals surface area contributed by atoms with E-state index in [9.17, 15) is 0 Å². The van der Waals surface area contributed by atoms with Crippen LogP contribution in [-0.4, -0.2) is 9.38 Å². The highest BCUT2D eigenvalue weighted by Gasteiger charge is 2.16. The van der Waals surface area contributed by atoms with E-state index >= 15 is 0 Å². The molecular formula is C12H7Cl3N2OS. The summed E-state index contributed by atoms with van der Waals surface area (Å²) in [5.74, 6) is 1.21. The number of imidazole rings is 1. The van der Waals surface area contributed by atoms with Gasteiger partial charge in [0.25, 0.3) is 0 Å². The molecule has 19 heavy (non-hydrogen) atoms. The van der Waals surface area contributed by atoms with Crippen LogP contribution in [0.2, 0.25) is 10.0 Å². The Hall–Kier alpha value is -0.940. The van der Waals surface area contributed by atoms with Gasteiger partial charge in [-0.05, 0) is 12.1 Å². The fourth-order valence-electron chi connectivity index (χ4n) is 1.68. The first kappa shape index (κ1) is 13.1. The van der Waals surface area contributed by atoms with Crippen LogP contribution in [0.5, 0.6) is 11.6 Å². The normalized spacial score (nSPS) is 11.1. The van der Waals surface area contributed by atoms with Crippen molar-refractivity contribution in [2.24, 2.45) is 0 Å². The van der Waals surface area contributed by atoms with Gasteiger partial charge in [0.05, 0.1) is 10.9 Å². The van der Waals surface area contributed by atoms with Crippen LogP contribution in [0.3, 0.4) is 0 Å². The Morgan fingerprint density at radius 3 is 2.95 bits per heavy atom. The van der Waals surface area contributed by atoms with Crippen LogP contribution in [0.4, 0.5) is 0 Å². The molecule has 0 saturated heterocycles. The molecule has 7 heteroatoms. The van der Waals surface area contributed by atoms with Gasteiger partial charge in [0.2, 0.25) is 5.88 Å². The first-order valence-corrected chi connectivity index (χ1v) is 7.50. The lowest BCUT2D eigenvalue weighted by Gasteiger charge is -2.07. The summed E-state index contributed by atoms with van der Waals surface area (Å²) in [6.45, 7) is 0. The smallest absolute Gasteiger partial charge is 0.243 e. The summed E-state index contributed by atoms with van der Waals surface area (Å²) < 4.78 is 7.62. The lowest BCUT2D eigenvalue weighted by atomic mass is 10.3. The average molecular weight is 334 g/mol. The molecule has 0 radical (unpaired) electrons. The number of hydrogen-bond donors (Lipinski definition) is 0. The average Bonchev–Trinajstić information content (AvgIpc) is 2.95. The number of thiazole rings is 1. The van der Waals surface area contributed by atoms with Crippen molar-refractivity contribution in [2.75, 3.05) is 0 Å². The molecule has 0 bridgehead atoms. The van der Waals surface area contributed by atoms with Crippen LogP contribution >= 0.6 is 46.1 Å². The lowest BCUT2D eigenvalue weighted by Crippen LogP contribution is -1.91. The Morgan fingerprint density at radius 2 is 2.16 bits per heavy atom. The van der Waals surface area contributed by atoms with Crippen LogP contribution < -0.4 is 4.74 Å². The number of ether oxygens (including phenoxy) is 1. The zero-order chi connectivity index (χ0) is 13.4. The number of rotatable bonds is 3. The van der Waals surface area contributed by atoms with Crippen molar-refractivity contribution in [1.82, 2.24) is 9.38 Å². The second-order valence-corrected chi connectivity index (χ2v) is 5.63. The van der Waals surface area contributed by atoms with Crippen molar-refractivity contribution in [1.29, 1.82) is 0 Å². The van der Waals surface area contributed by atoms with E-state index in [1.807, 2.05) is 16.0 Å². The van der Waals surface area contributed by atoms with Gasteiger partial charge in [0.15, 0.2) is 4.96 Å². The number of aromatic nitrogens is 2. The number of benzene rings is 1. The largest absolute Gasteiger partial charge is 0.436 e. The van der Waals surface area contributed by atoms with Gasteiger partial charge in [0, 0.05) is 11.6 Å². The van der Waals surface area contributed by atoms with Gasteiger partial charge < -0.3 is 4.74 Å². The molecule has 0 aliphatic carbocycles. The summed E-state index contributed by atoms with van der Waals surface area (Å²) in [5.41, 5.74) is 0.786. The predicted molar refractivity (Wildman–Crippen MR) is 79.2 cm³/mol. The Kier molecular flexibility index (Phi) is 3.58. The van der Waals surface area contributed by atoms with Gasteiger partial charge in [0.1, 0.15) is 16.5 Å². The molecule has 0 unspecified atom stereocenters. The third kappa shape index (κ3) is 2.30. The van der Waals surface area contributed by atoms with Gasteiger partial charge in [-0.2, -0.15) is 4.98 Å². The number of hydrogen-bond acceptors (Lipinski definition) is 3. The molecule has 0 fully saturated rings. The standard InChI is InChI=1S/C12H7Cl3N2OS/c13-6-8-11(16-12-17(8)4-5-19-12)18-9-3-1-2-7(14)10(9)15/h1-5H,6H2. The quantitative estimate of drug-likeness (QED) is 0.613. The molecule has 0 spiro atoms. The minimum atomic E-state index is 0.297. The maximum Gasteiger partial charge on any atom is 0.243 e. The van der Waals surface area contributed by atoms with Gasteiger partial charge >= 0.3 is 0 Å². The van der Waals surface area contributed by atoms with E-state index in [4.69, 9.17) is 39.5 Å². The molecule has 0 aliphatic heterocycles. The van der Waals surface area contributed by atoms with Crippen molar-refractivity contribution in [3.05, 3.63) is 45.5 Å². The van der Waals surface area contributed by atoms with E-state index in [-0.39, 0.29) is 0 Å². The third-order valence-electron chi connectivity index (χ3n) is 2.57. The maximum atomic E-state index is 6.09. The Labute approximate surface area is 128 Å². The first-order chi connectivity index (χ1) is 9.20. The topological polar surface area (TPSA) is 26.5 Å². The van der Waals surface area contributed by atoms with Crippen molar-refractivity contribution < 1.29 is 4.74 Å². The predicted octanol–water partition coefficient (Wildman–Crippen LogP) is 5.23. The van der Waals surface area contributed by atoms with Gasteiger partial charge in [-0.15, -0.1) is 22.9 Å². The SMILES string of the molecule is ClCc1c(Oc2cccc(Cl)c2Cl)nc2sccn12. The highest BCUT2D eigenvalue weighted by molar-refractivity contribution is 7.15. The fraction of sp³-hybridized carbons (Fsp3) is 0.0833. The highest BCUT2D eigenvalue weighted by atomic mass is 35.5. The van der Waals surface area contributed by atoms with Crippen LogP contribution in [0.15, 0.2) is 29.8 Å². The first-order valence-electron chi connectivity index (χ1n) is 5.33. The molecule has 0 aliphatic rings. The van der Waals surface area contributed by atoms with E-state index in [0.717, 1.165) is 10.7 Å². The molecule has 3 rings (SSSR count). The summed E-state index contributed by atoms with van der Waals surface area (Å²) >= 11 is 19.5. The number of alkyl halides is 1. The molecule has 2 heterocycles. The van der Waals surface area contributed by atoms with E-state index < -0.39 is 0 Å². The number of fused-ring (bicyclic) bond motifs is 1. The Balaban J connectivity index is 2.05. The maximum absolute atomic E-state index is 6.09. The van der Waals surface area contributed by atoms with E-state index in [0.29, 0.717) is 27.6 Å². The number of halogens is 3. The van der Waals surface area contributed by atoms with Crippen molar-refractivity contribution in [3.8, 4) is 11.6 Å². The van der Waals surface area contributed by atoms with Gasteiger partial charge in [-0.3, -0.25) is 4.40 Å². The molecule has 0 atom stereocenters. The highest BCUT2D eigenvalue weighted by Crippen LogP contribution is 2.36. The molecule has 2 aromatic heterocycles. The van der Waals surface area contributed by atoms with Crippen molar-refractivity contribution in [3.63, 3.8) is 0 Å². The lowest BCUT2D eigenvalue weighted by molar-refractivity contribution is 0.462. The van der Waals surface area contributed by atoms with E-state index in [1.165, 1.54) is 11.3 Å². The van der Waals surface area contributed by atoms with Crippen LogP contribution in [0.25, 0.3) is 4.96 Å². The van der Waals surface area contributed by atoms with Gasteiger partial charge in [-0.25, -0.2) is 0 Å². The summed E-state index contributed by atoms with van der Waals surface area (Å²) in [7, 11) is 0. The second kappa shape index (κ2) is 5.21. The van der Waals surface area contributed by atoms with Crippen LogP contribution in [-0.2, 0) is 5.88 Å². The van der Waals surface area contributed by atoms with E-state index in [2.05, 4.69) is 4.98 Å². The zero-order valence-corrected chi connectivity index (χ0v) is 12.5. The van der Waals surface area contributed by atoms with E-state index in [1.54, 1.807) is 18.2 Å². The molecule has 3 nitrogen and oxygen atoms in total. The Bertz CT molecular complexity index is 738. The second-order valence-electron chi connectivity index (χ2n) is 3.71. The monoisotopic (exact) mass is 332 g/mol. The summed E-state index contributed by atoms with van der Waals surface area (Å²) in [6, 6.07) is 5.20. The molecule has 0 saturated carbocycles. The summed E-state index contributed by atoms with van der Waals surface area (Å²) in [5, 5.41) is 2.74. The van der Waals surface area contributed by atoms with Gasteiger partial charge in [-0.1, -0.05) is 29.3 Å². The number of nitrogens with zero attached hydrogens (tertiary/aromatic N) is 2. The molecule has 3 aromatic rings. The van der Waals surface area contributed by atoms with Crippen LogP contribution in [0.1, 0.15) is 5.69 Å². The molecule has 0 N–H and O–H groups in total.